The maximum absolute atomic E-state index is 11.0. The van der Waals surface area contributed by atoms with E-state index in [0.717, 1.165) is 17.7 Å². The molecule has 0 amide bonds. The summed E-state index contributed by atoms with van der Waals surface area (Å²) in [5.41, 5.74) is 0.500. The molecule has 2 rings (SSSR count). The molecule has 0 saturated heterocycles. The first-order chi connectivity index (χ1) is 7.72. The second kappa shape index (κ2) is 4.65. The smallest absolute Gasteiger partial charge is 0.244 e. The largest absolute Gasteiger partial charge is 0.476 e. The molecule has 0 bridgehead atoms. The average Bonchev–Trinajstić information content (AvgIpc) is 2.76. The molecule has 0 atom stereocenters. The van der Waals surface area contributed by atoms with Crippen LogP contribution in [0.3, 0.4) is 0 Å². The fraction of sp³-hybridized carbons (Fsp3) is 0.455. The molecular weight excluding hydrogens is 224 g/mol. The molecule has 0 aromatic carbocycles. The molecule has 4 nitrogen and oxygen atoms in total. The number of hydrogen-bond acceptors (Lipinski definition) is 4. The zero-order chi connectivity index (χ0) is 11.5. The van der Waals surface area contributed by atoms with Gasteiger partial charge in [0.1, 0.15) is 0 Å². The first-order valence-corrected chi connectivity index (χ1v) is 6.14. The minimum Gasteiger partial charge on any atom is -0.476 e. The predicted octanol–water partition coefficient (Wildman–Crippen LogP) is 2.63. The van der Waals surface area contributed by atoms with Gasteiger partial charge in [-0.3, -0.25) is 9.20 Å². The fourth-order valence-corrected chi connectivity index (χ4v) is 2.10. The van der Waals surface area contributed by atoms with Gasteiger partial charge in [-0.2, -0.15) is 4.98 Å². The topological polar surface area (TPSA) is 43.6 Å². The van der Waals surface area contributed by atoms with Gasteiger partial charge in [0.15, 0.2) is 16.9 Å². The zero-order valence-electron chi connectivity index (χ0n) is 9.34. The van der Waals surface area contributed by atoms with Crippen molar-refractivity contribution < 1.29 is 9.53 Å². The van der Waals surface area contributed by atoms with Crippen molar-refractivity contribution in [3.05, 3.63) is 17.3 Å². The van der Waals surface area contributed by atoms with Crippen molar-refractivity contribution in [1.82, 2.24) is 9.38 Å². The van der Waals surface area contributed by atoms with Crippen molar-refractivity contribution in [3.63, 3.8) is 0 Å². The van der Waals surface area contributed by atoms with Crippen LogP contribution in [0.25, 0.3) is 4.96 Å². The quantitative estimate of drug-likeness (QED) is 0.752. The van der Waals surface area contributed by atoms with E-state index in [9.17, 15) is 4.79 Å². The Morgan fingerprint density at radius 2 is 2.44 bits per heavy atom. The van der Waals surface area contributed by atoms with Gasteiger partial charge in [-0.15, -0.1) is 11.3 Å². The van der Waals surface area contributed by atoms with Gasteiger partial charge in [0, 0.05) is 11.6 Å². The van der Waals surface area contributed by atoms with Gasteiger partial charge >= 0.3 is 0 Å². The number of hydrogen-bond donors (Lipinski definition) is 0. The van der Waals surface area contributed by atoms with Gasteiger partial charge in [0.25, 0.3) is 0 Å². The third-order valence-corrected chi connectivity index (χ3v) is 3.07. The van der Waals surface area contributed by atoms with E-state index in [1.54, 1.807) is 4.40 Å². The molecule has 0 saturated carbocycles. The van der Waals surface area contributed by atoms with E-state index in [-0.39, 0.29) is 0 Å². The minimum atomic E-state index is 0.447. The van der Waals surface area contributed by atoms with Gasteiger partial charge in [0.05, 0.1) is 6.61 Å². The Balaban J connectivity index is 2.16. The van der Waals surface area contributed by atoms with Crippen molar-refractivity contribution in [2.45, 2.75) is 20.3 Å². The first-order valence-electron chi connectivity index (χ1n) is 5.26. The molecule has 0 aliphatic carbocycles. The molecule has 0 spiro atoms. The van der Waals surface area contributed by atoms with Crippen LogP contribution in [0, 0.1) is 5.92 Å². The predicted molar refractivity (Wildman–Crippen MR) is 63.4 cm³/mol. The number of nitrogens with zero attached hydrogens (tertiary/aromatic N) is 2. The lowest BCUT2D eigenvalue weighted by Crippen LogP contribution is -2.03. The highest BCUT2D eigenvalue weighted by atomic mass is 32.1. The summed E-state index contributed by atoms with van der Waals surface area (Å²) >= 11 is 1.49. The van der Waals surface area contributed by atoms with Crippen LogP contribution >= 0.6 is 11.3 Å². The Morgan fingerprint density at radius 3 is 3.12 bits per heavy atom. The Bertz CT molecular complexity index is 487. The molecule has 2 heterocycles. The Kier molecular flexibility index (Phi) is 3.24. The number of thiazole rings is 1. The number of carbonyl (C=O) groups excluding carboxylic acids is 1. The van der Waals surface area contributed by atoms with Gasteiger partial charge in [0.2, 0.25) is 5.88 Å². The fourth-order valence-electron chi connectivity index (χ4n) is 1.39. The highest BCUT2D eigenvalue weighted by Crippen LogP contribution is 2.22. The summed E-state index contributed by atoms with van der Waals surface area (Å²) in [5.74, 6) is 1.03. The SMILES string of the molecule is CC(C)CCOc1nc2sccn2c1C=O. The number of aldehydes is 1. The summed E-state index contributed by atoms with van der Waals surface area (Å²) < 4.78 is 7.28. The lowest BCUT2D eigenvalue weighted by molar-refractivity contribution is 0.111. The summed E-state index contributed by atoms with van der Waals surface area (Å²) in [4.78, 5) is 16.0. The number of carbonyl (C=O) groups is 1. The second-order valence-corrected chi connectivity index (χ2v) is 4.88. The zero-order valence-corrected chi connectivity index (χ0v) is 10.2. The van der Waals surface area contributed by atoms with Crippen LogP contribution in [0.1, 0.15) is 30.8 Å². The molecular formula is C11H14N2O2S. The number of ether oxygens (including phenoxy) is 1. The molecule has 2 aromatic heterocycles. The number of rotatable bonds is 5. The molecule has 86 valence electrons. The van der Waals surface area contributed by atoms with Crippen molar-refractivity contribution in [2.75, 3.05) is 6.61 Å². The molecule has 0 N–H and O–H groups in total. The Labute approximate surface area is 97.9 Å². The Hall–Kier alpha value is -1.36. The van der Waals surface area contributed by atoms with Crippen LogP contribution in [-0.2, 0) is 0 Å². The van der Waals surface area contributed by atoms with Crippen molar-refractivity contribution in [3.8, 4) is 5.88 Å². The van der Waals surface area contributed by atoms with E-state index < -0.39 is 0 Å². The second-order valence-electron chi connectivity index (χ2n) is 4.01. The molecule has 2 aromatic rings. The van der Waals surface area contributed by atoms with Gasteiger partial charge in [-0.25, -0.2) is 0 Å². The van der Waals surface area contributed by atoms with E-state index in [4.69, 9.17) is 4.74 Å². The van der Waals surface area contributed by atoms with E-state index in [2.05, 4.69) is 18.8 Å². The monoisotopic (exact) mass is 238 g/mol. The van der Waals surface area contributed by atoms with Crippen LogP contribution in [0.2, 0.25) is 0 Å². The Morgan fingerprint density at radius 1 is 1.62 bits per heavy atom. The third-order valence-electron chi connectivity index (χ3n) is 2.31. The molecule has 0 unspecified atom stereocenters. The minimum absolute atomic E-state index is 0.447. The van der Waals surface area contributed by atoms with E-state index in [1.165, 1.54) is 11.3 Å². The summed E-state index contributed by atoms with van der Waals surface area (Å²) in [7, 11) is 0. The highest BCUT2D eigenvalue weighted by molar-refractivity contribution is 7.15. The van der Waals surface area contributed by atoms with Crippen LogP contribution in [0.4, 0.5) is 0 Å². The van der Waals surface area contributed by atoms with E-state index >= 15 is 0 Å². The van der Waals surface area contributed by atoms with Gasteiger partial charge in [-0.1, -0.05) is 13.8 Å². The van der Waals surface area contributed by atoms with Crippen LogP contribution < -0.4 is 4.74 Å². The van der Waals surface area contributed by atoms with Crippen molar-refractivity contribution in [2.24, 2.45) is 5.92 Å². The average molecular weight is 238 g/mol. The van der Waals surface area contributed by atoms with E-state index in [1.807, 2.05) is 11.6 Å². The number of aromatic nitrogens is 2. The van der Waals surface area contributed by atoms with Gasteiger partial charge < -0.3 is 4.74 Å². The normalized spacial score (nSPS) is 11.2. The summed E-state index contributed by atoms with van der Waals surface area (Å²) in [6.45, 7) is 4.87. The summed E-state index contributed by atoms with van der Waals surface area (Å²) in [5, 5.41) is 1.90. The van der Waals surface area contributed by atoms with Crippen LogP contribution in [-0.4, -0.2) is 22.3 Å². The molecule has 0 fully saturated rings. The molecule has 5 heteroatoms. The molecule has 0 aliphatic heterocycles. The van der Waals surface area contributed by atoms with Gasteiger partial charge in [-0.05, 0) is 12.3 Å². The molecule has 0 radical (unpaired) electrons. The first kappa shape index (κ1) is 11.1. The number of imidazole rings is 1. The summed E-state index contributed by atoms with van der Waals surface area (Å²) in [6.07, 6.45) is 3.58. The van der Waals surface area contributed by atoms with Crippen molar-refractivity contribution >= 4 is 22.6 Å². The van der Waals surface area contributed by atoms with Crippen LogP contribution in [0.5, 0.6) is 5.88 Å². The van der Waals surface area contributed by atoms with Crippen LogP contribution in [0.15, 0.2) is 11.6 Å². The number of fused-ring (bicyclic) bond motifs is 1. The molecule has 16 heavy (non-hydrogen) atoms. The third kappa shape index (κ3) is 2.09. The van der Waals surface area contributed by atoms with Crippen molar-refractivity contribution in [1.29, 1.82) is 0 Å². The lowest BCUT2D eigenvalue weighted by Gasteiger charge is -2.05. The standard InChI is InChI=1S/C11H14N2O2S/c1-8(2)3-5-15-10-9(7-14)13-4-6-16-11(13)12-10/h4,6-8H,3,5H2,1-2H3. The maximum Gasteiger partial charge on any atom is 0.244 e. The highest BCUT2D eigenvalue weighted by Gasteiger charge is 2.13. The molecule has 0 aliphatic rings. The van der Waals surface area contributed by atoms with E-state index in [0.29, 0.717) is 24.1 Å². The maximum atomic E-state index is 11.0. The summed E-state index contributed by atoms with van der Waals surface area (Å²) in [6, 6.07) is 0. The lowest BCUT2D eigenvalue weighted by atomic mass is 10.1.